The first-order valence-electron chi connectivity index (χ1n) is 8.85. The Morgan fingerprint density at radius 1 is 1.30 bits per heavy atom. The van der Waals surface area contributed by atoms with Crippen molar-refractivity contribution in [1.29, 1.82) is 0 Å². The molecule has 11 heteroatoms. The van der Waals surface area contributed by atoms with Gasteiger partial charge >= 0.3 is 0 Å². The van der Waals surface area contributed by atoms with Gasteiger partial charge in [0.15, 0.2) is 5.11 Å². The van der Waals surface area contributed by atoms with Crippen molar-refractivity contribution < 1.29 is 19.0 Å². The summed E-state index contributed by atoms with van der Waals surface area (Å²) in [6, 6.07) is 8.01. The van der Waals surface area contributed by atoms with Crippen LogP contribution in [0.15, 0.2) is 55.1 Å². The second kappa shape index (κ2) is 8.69. The summed E-state index contributed by atoms with van der Waals surface area (Å²) < 4.78 is 29.4. The van der Waals surface area contributed by atoms with Gasteiger partial charge in [0, 0.05) is 17.3 Å². The predicted octanol–water partition coefficient (Wildman–Crippen LogP) is 2.11. The van der Waals surface area contributed by atoms with Crippen molar-refractivity contribution in [3.63, 3.8) is 0 Å². The number of nitrogens with zero attached hydrogens (tertiary/aromatic N) is 4. The van der Waals surface area contributed by atoms with Gasteiger partial charge < -0.3 is 15.5 Å². The summed E-state index contributed by atoms with van der Waals surface area (Å²) in [7, 11) is 0. The fourth-order valence-electron chi connectivity index (χ4n) is 2.98. The smallest absolute Gasteiger partial charge is 0.188 e. The molecule has 2 aromatic carbocycles. The molecular formula is C19H20F2N6O2S. The largest absolute Gasteiger partial charge is 0.508 e. The first-order chi connectivity index (χ1) is 14.2. The van der Waals surface area contributed by atoms with E-state index < -0.39 is 23.3 Å². The lowest BCUT2D eigenvalue weighted by Gasteiger charge is -2.40. The summed E-state index contributed by atoms with van der Waals surface area (Å²) in [6.45, 7) is 1.33. The summed E-state index contributed by atoms with van der Waals surface area (Å²) in [5.74, 6) is 4.52. The van der Waals surface area contributed by atoms with Crippen LogP contribution in [0.2, 0.25) is 0 Å². The average Bonchev–Trinajstić information content (AvgIpc) is 3.21. The molecule has 0 amide bonds. The first-order valence-corrected chi connectivity index (χ1v) is 9.26. The first kappa shape index (κ1) is 21.6. The molecule has 0 bridgehead atoms. The zero-order valence-corrected chi connectivity index (χ0v) is 16.7. The van der Waals surface area contributed by atoms with E-state index >= 15 is 0 Å². The molecular weight excluding hydrogens is 414 g/mol. The minimum atomic E-state index is -1.94. The van der Waals surface area contributed by atoms with Crippen LogP contribution in [0.3, 0.4) is 0 Å². The van der Waals surface area contributed by atoms with Gasteiger partial charge in [0.1, 0.15) is 35.6 Å². The second-order valence-corrected chi connectivity index (χ2v) is 7.09. The summed E-state index contributed by atoms with van der Waals surface area (Å²) in [6.07, 6.45) is 2.62. The highest BCUT2D eigenvalue weighted by atomic mass is 32.1. The molecule has 3 aromatic rings. The van der Waals surface area contributed by atoms with Gasteiger partial charge in [-0.25, -0.2) is 24.3 Å². The maximum Gasteiger partial charge on any atom is 0.188 e. The molecule has 1 heterocycles. The van der Waals surface area contributed by atoms with E-state index in [0.717, 1.165) is 17.1 Å². The van der Waals surface area contributed by atoms with Crippen molar-refractivity contribution in [2.75, 3.05) is 5.32 Å². The van der Waals surface area contributed by atoms with Crippen molar-refractivity contribution in [2.45, 2.75) is 25.1 Å². The van der Waals surface area contributed by atoms with Crippen LogP contribution < -0.4 is 11.2 Å². The zero-order chi connectivity index (χ0) is 21.9. The normalized spacial score (nSPS) is 14.0. The molecule has 0 aliphatic heterocycles. The van der Waals surface area contributed by atoms with E-state index in [-0.39, 0.29) is 23.0 Å². The van der Waals surface area contributed by atoms with E-state index in [1.165, 1.54) is 29.5 Å². The maximum absolute atomic E-state index is 14.6. The summed E-state index contributed by atoms with van der Waals surface area (Å²) in [5, 5.41) is 28.8. The Kier molecular flexibility index (Phi) is 6.25. The number of hydrogen-bond acceptors (Lipinski definition) is 6. The molecule has 5 N–H and O–H groups in total. The molecule has 0 saturated heterocycles. The van der Waals surface area contributed by atoms with Gasteiger partial charge in [-0.15, -0.1) is 0 Å². The molecule has 0 fully saturated rings. The SMILES string of the molecule is C[C@@H](N(N)C(=S)Nc1ccc(O)cc1)[C@](O)(Cn1cncn1)c1ccc(F)cc1F. The highest BCUT2D eigenvalue weighted by Crippen LogP contribution is 2.32. The number of halogens is 2. The molecule has 0 aliphatic rings. The lowest BCUT2D eigenvalue weighted by atomic mass is 9.86. The van der Waals surface area contributed by atoms with E-state index in [1.807, 2.05) is 0 Å². The molecule has 0 saturated carbocycles. The van der Waals surface area contributed by atoms with Crippen molar-refractivity contribution in [1.82, 2.24) is 19.8 Å². The number of nitrogens with one attached hydrogen (secondary N) is 1. The summed E-state index contributed by atoms with van der Waals surface area (Å²) >= 11 is 5.32. The van der Waals surface area contributed by atoms with Crippen molar-refractivity contribution in [3.05, 3.63) is 72.3 Å². The van der Waals surface area contributed by atoms with Crippen molar-refractivity contribution >= 4 is 23.0 Å². The van der Waals surface area contributed by atoms with Crippen LogP contribution in [-0.2, 0) is 12.1 Å². The molecule has 158 valence electrons. The van der Waals surface area contributed by atoms with Gasteiger partial charge in [-0.3, -0.25) is 5.01 Å². The van der Waals surface area contributed by atoms with Crippen LogP contribution in [0, 0.1) is 11.6 Å². The number of aromatic hydroxyl groups is 1. The lowest BCUT2D eigenvalue weighted by molar-refractivity contribution is -0.0457. The van der Waals surface area contributed by atoms with Crippen LogP contribution >= 0.6 is 12.2 Å². The molecule has 0 aliphatic carbocycles. The Labute approximate surface area is 176 Å². The monoisotopic (exact) mass is 434 g/mol. The number of thiocarbonyl (C=S) groups is 1. The van der Waals surface area contributed by atoms with Gasteiger partial charge in [0.2, 0.25) is 0 Å². The third-order valence-corrected chi connectivity index (χ3v) is 5.04. The molecule has 8 nitrogen and oxygen atoms in total. The van der Waals surface area contributed by atoms with Crippen molar-refractivity contribution in [3.8, 4) is 5.75 Å². The molecule has 2 atom stereocenters. The van der Waals surface area contributed by atoms with Gasteiger partial charge in [-0.2, -0.15) is 5.10 Å². The van der Waals surface area contributed by atoms with Gasteiger partial charge in [0.05, 0.1) is 12.6 Å². The third-order valence-electron chi connectivity index (χ3n) is 4.73. The third kappa shape index (κ3) is 4.53. The molecule has 30 heavy (non-hydrogen) atoms. The van der Waals surface area contributed by atoms with E-state index in [9.17, 15) is 19.0 Å². The topological polar surface area (TPSA) is 112 Å². The molecule has 1 aromatic heterocycles. The molecule has 3 rings (SSSR count). The number of anilines is 1. The Morgan fingerprint density at radius 2 is 2.00 bits per heavy atom. The Morgan fingerprint density at radius 3 is 2.60 bits per heavy atom. The predicted molar refractivity (Wildman–Crippen MR) is 110 cm³/mol. The Balaban J connectivity index is 1.91. The fourth-order valence-corrected chi connectivity index (χ4v) is 3.26. The van der Waals surface area contributed by atoms with Gasteiger partial charge in [-0.1, -0.05) is 6.07 Å². The number of phenolic OH excluding ortho intramolecular Hbond substituents is 1. The second-order valence-electron chi connectivity index (χ2n) is 6.70. The quantitative estimate of drug-likeness (QED) is 0.202. The minimum absolute atomic E-state index is 0.0349. The average molecular weight is 434 g/mol. The van der Waals surface area contributed by atoms with Crippen molar-refractivity contribution in [2.24, 2.45) is 5.84 Å². The highest BCUT2D eigenvalue weighted by molar-refractivity contribution is 7.80. The highest BCUT2D eigenvalue weighted by Gasteiger charge is 2.42. The Hall–Kier alpha value is -3.15. The van der Waals surface area contributed by atoms with E-state index in [0.29, 0.717) is 11.8 Å². The minimum Gasteiger partial charge on any atom is -0.508 e. The van der Waals surface area contributed by atoms with E-state index in [1.54, 1.807) is 19.1 Å². The number of aliphatic hydroxyl groups is 1. The molecule has 0 spiro atoms. The van der Waals surface area contributed by atoms with Gasteiger partial charge in [0.25, 0.3) is 0 Å². The number of phenols is 1. The summed E-state index contributed by atoms with van der Waals surface area (Å²) in [5.41, 5.74) is -1.57. The Bertz CT molecular complexity index is 1020. The van der Waals surface area contributed by atoms with Crippen LogP contribution in [0.1, 0.15) is 12.5 Å². The van der Waals surface area contributed by atoms with Crippen LogP contribution in [0.4, 0.5) is 14.5 Å². The van der Waals surface area contributed by atoms with Gasteiger partial charge in [-0.05, 0) is 49.5 Å². The molecule has 0 radical (unpaired) electrons. The lowest BCUT2D eigenvalue weighted by Crippen LogP contribution is -2.57. The maximum atomic E-state index is 14.6. The number of nitrogens with two attached hydrogens (primary N) is 1. The number of aromatic nitrogens is 3. The summed E-state index contributed by atoms with van der Waals surface area (Å²) in [4.78, 5) is 3.82. The van der Waals surface area contributed by atoms with Crippen LogP contribution in [-0.4, -0.2) is 41.1 Å². The van der Waals surface area contributed by atoms with E-state index in [2.05, 4.69) is 15.4 Å². The number of rotatable bonds is 6. The fraction of sp³-hybridized carbons (Fsp3) is 0.211. The number of hydrazine groups is 1. The van der Waals surface area contributed by atoms with E-state index in [4.69, 9.17) is 18.1 Å². The van der Waals surface area contributed by atoms with Crippen LogP contribution in [0.5, 0.6) is 5.75 Å². The molecule has 0 unspecified atom stereocenters. The van der Waals surface area contributed by atoms with Crippen LogP contribution in [0.25, 0.3) is 0 Å². The standard InChI is InChI=1S/C19H20F2N6O2S/c1-12(27(22)18(30)25-14-3-5-15(28)6-4-14)19(29,9-26-11-23-10-24-26)16-7-2-13(20)8-17(16)21/h2-8,10-12,28-29H,9,22H2,1H3,(H,25,30)/t12-,19-/m1/s1. The zero-order valence-electron chi connectivity index (χ0n) is 15.9. The number of hydrogen-bond donors (Lipinski definition) is 4. The number of benzene rings is 2.